The number of aliphatic hydroxyl groups excluding tert-OH is 1. The molecule has 0 aromatic carbocycles. The quantitative estimate of drug-likeness (QED) is 0.774. The number of aliphatic carboxylic acids is 1. The van der Waals surface area contributed by atoms with Gasteiger partial charge in [-0.05, 0) is 62.4 Å². The molecule has 22 heavy (non-hydrogen) atoms. The van der Waals surface area contributed by atoms with E-state index in [4.69, 9.17) is 0 Å². The van der Waals surface area contributed by atoms with Crippen molar-refractivity contribution in [2.45, 2.75) is 59.3 Å². The molecule has 3 unspecified atom stereocenters. The molecule has 2 N–H and O–H groups in total. The molecule has 0 aromatic heterocycles. The third-order valence-corrected chi connectivity index (χ3v) is 7.28. The smallest absolute Gasteiger partial charge is 0.309 e. The monoisotopic (exact) mass is 306 g/mol. The Bertz CT molecular complexity index is 565. The number of ketones is 1. The third kappa shape index (κ3) is 1.76. The number of carboxylic acid groups (broad SMARTS) is 1. The van der Waals surface area contributed by atoms with Crippen molar-refractivity contribution in [3.8, 4) is 0 Å². The second kappa shape index (κ2) is 4.59. The van der Waals surface area contributed by atoms with Crippen molar-refractivity contribution in [3.63, 3.8) is 0 Å². The molecule has 0 saturated heterocycles. The molecule has 2 fully saturated rings. The van der Waals surface area contributed by atoms with E-state index in [1.165, 1.54) is 0 Å². The van der Waals surface area contributed by atoms with E-state index >= 15 is 0 Å². The second-order valence-corrected chi connectivity index (χ2v) is 8.30. The first-order valence-corrected chi connectivity index (χ1v) is 8.33. The molecule has 3 aliphatic carbocycles. The average molecular weight is 306 g/mol. The van der Waals surface area contributed by atoms with Crippen LogP contribution in [0.25, 0.3) is 0 Å². The number of carbonyl (C=O) groups excluding carboxylic acids is 1. The summed E-state index contributed by atoms with van der Waals surface area (Å²) in [5, 5.41) is 19.7. The van der Waals surface area contributed by atoms with Crippen molar-refractivity contribution in [1.29, 1.82) is 0 Å². The number of hydrogen-bond donors (Lipinski definition) is 2. The van der Waals surface area contributed by atoms with Gasteiger partial charge in [-0.2, -0.15) is 0 Å². The fraction of sp³-hybridized carbons (Fsp3) is 0.778. The van der Waals surface area contributed by atoms with Crippen molar-refractivity contribution < 1.29 is 19.8 Å². The Morgan fingerprint density at radius 1 is 1.18 bits per heavy atom. The summed E-state index contributed by atoms with van der Waals surface area (Å²) in [7, 11) is 0. The van der Waals surface area contributed by atoms with E-state index in [0.29, 0.717) is 12.8 Å². The maximum Gasteiger partial charge on any atom is 0.309 e. The highest BCUT2D eigenvalue weighted by atomic mass is 16.4. The summed E-state index contributed by atoms with van der Waals surface area (Å²) in [5.41, 5.74) is -1.38. The summed E-state index contributed by atoms with van der Waals surface area (Å²) >= 11 is 0. The number of rotatable bonds is 1. The molecule has 0 aromatic rings. The van der Waals surface area contributed by atoms with Gasteiger partial charge >= 0.3 is 5.97 Å². The van der Waals surface area contributed by atoms with E-state index in [-0.39, 0.29) is 28.8 Å². The molecule has 0 spiro atoms. The zero-order valence-corrected chi connectivity index (χ0v) is 13.7. The highest BCUT2D eigenvalue weighted by Gasteiger charge is 2.63. The van der Waals surface area contributed by atoms with Crippen LogP contribution in [0.2, 0.25) is 0 Å². The SMILES string of the molecule is CC1(C(=O)O)CCC[C@@]2(C)C1CC[C@@]1(C)C(=O)C(O)=CCC21. The first kappa shape index (κ1) is 15.6. The van der Waals surface area contributed by atoms with Crippen molar-refractivity contribution in [3.05, 3.63) is 11.8 Å². The third-order valence-electron chi connectivity index (χ3n) is 7.28. The van der Waals surface area contributed by atoms with Crippen molar-refractivity contribution in [1.82, 2.24) is 0 Å². The highest BCUT2D eigenvalue weighted by molar-refractivity contribution is 5.98. The molecule has 0 bridgehead atoms. The standard InChI is InChI=1S/C18H26O4/c1-16-8-4-9-18(3,15(21)22)13(16)7-10-17(2)12(16)6-5-11(19)14(17)20/h5,12-13,19H,4,6-10H2,1-3H3,(H,21,22)/t12?,13?,16-,17-,18?/m1/s1. The Morgan fingerprint density at radius 3 is 2.50 bits per heavy atom. The molecule has 3 aliphatic rings. The minimum absolute atomic E-state index is 0.0994. The van der Waals surface area contributed by atoms with Crippen LogP contribution in [0.1, 0.15) is 59.3 Å². The zero-order valence-electron chi connectivity index (χ0n) is 13.7. The van der Waals surface area contributed by atoms with Gasteiger partial charge in [-0.15, -0.1) is 0 Å². The summed E-state index contributed by atoms with van der Waals surface area (Å²) < 4.78 is 0. The lowest BCUT2D eigenvalue weighted by Crippen LogP contribution is -2.60. The van der Waals surface area contributed by atoms with Gasteiger partial charge in [0, 0.05) is 5.41 Å². The lowest BCUT2D eigenvalue weighted by molar-refractivity contribution is -0.179. The lowest BCUT2D eigenvalue weighted by atomic mass is 9.41. The molecule has 5 atom stereocenters. The van der Waals surface area contributed by atoms with Crippen molar-refractivity contribution in [2.24, 2.45) is 28.1 Å². The minimum Gasteiger partial charge on any atom is -0.505 e. The van der Waals surface area contributed by atoms with Crippen LogP contribution < -0.4 is 0 Å². The van der Waals surface area contributed by atoms with Crippen LogP contribution in [0, 0.1) is 28.1 Å². The van der Waals surface area contributed by atoms with Gasteiger partial charge in [-0.1, -0.05) is 20.3 Å². The van der Waals surface area contributed by atoms with Gasteiger partial charge in [0.05, 0.1) is 5.41 Å². The normalized spacial score (nSPS) is 48.1. The predicted molar refractivity (Wildman–Crippen MR) is 82.4 cm³/mol. The largest absolute Gasteiger partial charge is 0.505 e. The Labute approximate surface area is 131 Å². The summed E-state index contributed by atoms with van der Waals surface area (Å²) in [6.45, 7) is 6.04. The van der Waals surface area contributed by atoms with E-state index in [9.17, 15) is 19.8 Å². The number of hydrogen-bond acceptors (Lipinski definition) is 3. The molecule has 0 amide bonds. The Hall–Kier alpha value is -1.32. The van der Waals surface area contributed by atoms with Gasteiger partial charge in [0.25, 0.3) is 0 Å². The number of allylic oxidation sites excluding steroid dienone is 2. The van der Waals surface area contributed by atoms with Gasteiger partial charge in [0.2, 0.25) is 5.78 Å². The van der Waals surface area contributed by atoms with Crippen LogP contribution in [0.4, 0.5) is 0 Å². The molecular weight excluding hydrogens is 280 g/mol. The summed E-state index contributed by atoms with van der Waals surface area (Å²) in [6, 6.07) is 0. The molecule has 122 valence electrons. The van der Waals surface area contributed by atoms with Crippen LogP contribution in [-0.2, 0) is 9.59 Å². The fourth-order valence-corrected chi connectivity index (χ4v) is 6.00. The van der Waals surface area contributed by atoms with Gasteiger partial charge in [-0.3, -0.25) is 9.59 Å². The molecule has 0 radical (unpaired) electrons. The van der Waals surface area contributed by atoms with E-state index in [2.05, 4.69) is 6.92 Å². The van der Waals surface area contributed by atoms with E-state index in [1.807, 2.05) is 13.8 Å². The number of carboxylic acids is 1. The van der Waals surface area contributed by atoms with Gasteiger partial charge in [-0.25, -0.2) is 0 Å². The summed E-state index contributed by atoms with van der Waals surface area (Å²) in [4.78, 5) is 24.5. The first-order valence-electron chi connectivity index (χ1n) is 8.33. The molecular formula is C18H26O4. The number of Topliss-reactive ketones (excluding diaryl/α,β-unsaturated/α-hetero) is 1. The van der Waals surface area contributed by atoms with Gasteiger partial charge in [0.15, 0.2) is 5.76 Å². The van der Waals surface area contributed by atoms with Crippen LogP contribution >= 0.6 is 0 Å². The molecule has 4 nitrogen and oxygen atoms in total. The lowest BCUT2D eigenvalue weighted by Gasteiger charge is -2.62. The number of carbonyl (C=O) groups is 2. The second-order valence-electron chi connectivity index (χ2n) is 8.30. The Balaban J connectivity index is 2.07. The minimum atomic E-state index is -0.701. The molecule has 2 saturated carbocycles. The van der Waals surface area contributed by atoms with Crippen LogP contribution in [0.3, 0.4) is 0 Å². The maximum atomic E-state index is 12.6. The summed E-state index contributed by atoms with van der Waals surface area (Å²) in [6.07, 6.45) is 6.35. The van der Waals surface area contributed by atoms with E-state index in [1.54, 1.807) is 6.08 Å². The predicted octanol–water partition coefficient (Wildman–Crippen LogP) is 3.71. The Morgan fingerprint density at radius 2 is 1.86 bits per heavy atom. The molecule has 0 heterocycles. The van der Waals surface area contributed by atoms with Gasteiger partial charge < -0.3 is 10.2 Å². The van der Waals surface area contributed by atoms with Crippen LogP contribution in [0.15, 0.2) is 11.8 Å². The fourth-order valence-electron chi connectivity index (χ4n) is 6.00. The van der Waals surface area contributed by atoms with E-state index < -0.39 is 16.8 Å². The molecule has 3 rings (SSSR count). The number of aliphatic hydroxyl groups is 1. The Kier molecular flexibility index (Phi) is 3.25. The summed E-state index contributed by atoms with van der Waals surface area (Å²) in [5.74, 6) is -0.719. The van der Waals surface area contributed by atoms with E-state index in [0.717, 1.165) is 25.7 Å². The zero-order chi connectivity index (χ0) is 16.3. The van der Waals surface area contributed by atoms with Crippen molar-refractivity contribution in [2.75, 3.05) is 0 Å². The highest BCUT2D eigenvalue weighted by Crippen LogP contribution is 2.66. The molecule has 0 aliphatic heterocycles. The average Bonchev–Trinajstić information content (AvgIpc) is 2.43. The van der Waals surface area contributed by atoms with Crippen LogP contribution in [-0.4, -0.2) is 22.0 Å². The first-order chi connectivity index (χ1) is 10.2. The van der Waals surface area contributed by atoms with Crippen LogP contribution in [0.5, 0.6) is 0 Å². The van der Waals surface area contributed by atoms with Crippen molar-refractivity contribution >= 4 is 11.8 Å². The van der Waals surface area contributed by atoms with Gasteiger partial charge in [0.1, 0.15) is 0 Å². The topological polar surface area (TPSA) is 74.6 Å². The maximum absolute atomic E-state index is 12.6. The number of fused-ring (bicyclic) bond motifs is 3. The molecule has 4 heteroatoms.